The summed E-state index contributed by atoms with van der Waals surface area (Å²) < 4.78 is 7.95. The quantitative estimate of drug-likeness (QED) is 0.509. The number of anilines is 1. The number of aromatic nitrogens is 5. The van der Waals surface area contributed by atoms with Gasteiger partial charge < -0.3 is 10.1 Å². The van der Waals surface area contributed by atoms with Gasteiger partial charge in [0.2, 0.25) is 5.91 Å². The summed E-state index contributed by atoms with van der Waals surface area (Å²) in [7, 11) is 1.59. The highest BCUT2D eigenvalue weighted by Crippen LogP contribution is 2.15. The smallest absolute Gasteiger partial charge is 0.283 e. The summed E-state index contributed by atoms with van der Waals surface area (Å²) in [5, 5.41) is 11.3. The SMILES string of the molecule is COc1cccc(Cn2nnc3c(=O)n(CC(=O)Nc4ccc(Cl)cc4)cnc32)c1. The molecule has 10 heteroatoms. The van der Waals surface area contributed by atoms with E-state index in [1.54, 1.807) is 31.4 Å². The van der Waals surface area contributed by atoms with Crippen molar-refractivity contribution >= 4 is 34.4 Å². The molecule has 0 aliphatic heterocycles. The maximum Gasteiger partial charge on any atom is 0.283 e. The van der Waals surface area contributed by atoms with E-state index in [0.29, 0.717) is 22.9 Å². The van der Waals surface area contributed by atoms with Crippen LogP contribution in [0.3, 0.4) is 0 Å². The molecule has 4 aromatic rings. The van der Waals surface area contributed by atoms with Crippen molar-refractivity contribution in [3.63, 3.8) is 0 Å². The van der Waals surface area contributed by atoms with E-state index in [-0.39, 0.29) is 18.0 Å². The lowest BCUT2D eigenvalue weighted by Crippen LogP contribution is -2.28. The van der Waals surface area contributed by atoms with Crippen LogP contribution < -0.4 is 15.6 Å². The number of carbonyl (C=O) groups is 1. The molecule has 0 radical (unpaired) electrons. The van der Waals surface area contributed by atoms with Crippen LogP contribution in [-0.2, 0) is 17.9 Å². The summed E-state index contributed by atoms with van der Waals surface area (Å²) in [6, 6.07) is 14.2. The molecular formula is C20H17ClN6O3. The Bertz CT molecular complexity index is 1270. The maximum absolute atomic E-state index is 12.7. The lowest BCUT2D eigenvalue weighted by Gasteiger charge is -2.07. The lowest BCUT2D eigenvalue weighted by atomic mass is 10.2. The van der Waals surface area contributed by atoms with Crippen LogP contribution in [0.5, 0.6) is 5.75 Å². The monoisotopic (exact) mass is 424 g/mol. The first-order valence-electron chi connectivity index (χ1n) is 9.00. The van der Waals surface area contributed by atoms with E-state index in [1.807, 2.05) is 24.3 Å². The fourth-order valence-electron chi connectivity index (χ4n) is 2.94. The summed E-state index contributed by atoms with van der Waals surface area (Å²) >= 11 is 5.83. The highest BCUT2D eigenvalue weighted by atomic mass is 35.5. The zero-order chi connectivity index (χ0) is 21.1. The van der Waals surface area contributed by atoms with Crippen LogP contribution in [0.2, 0.25) is 5.02 Å². The van der Waals surface area contributed by atoms with Gasteiger partial charge in [0, 0.05) is 10.7 Å². The van der Waals surface area contributed by atoms with E-state index in [1.165, 1.54) is 15.6 Å². The van der Waals surface area contributed by atoms with Gasteiger partial charge >= 0.3 is 0 Å². The molecule has 2 heterocycles. The first-order chi connectivity index (χ1) is 14.5. The second-order valence-electron chi connectivity index (χ2n) is 6.50. The molecule has 2 aromatic carbocycles. The van der Waals surface area contributed by atoms with Gasteiger partial charge in [0.1, 0.15) is 18.6 Å². The number of carbonyl (C=O) groups excluding carboxylic acids is 1. The maximum atomic E-state index is 12.7. The molecule has 0 saturated heterocycles. The average Bonchev–Trinajstić information content (AvgIpc) is 3.15. The number of fused-ring (bicyclic) bond motifs is 1. The normalized spacial score (nSPS) is 10.9. The summed E-state index contributed by atoms with van der Waals surface area (Å²) in [5.74, 6) is 0.350. The van der Waals surface area contributed by atoms with Crippen LogP contribution in [0.25, 0.3) is 11.2 Å². The standard InChI is InChI=1S/C20H17ClN6O3/c1-30-16-4-2-3-13(9-16)10-27-19-18(24-25-27)20(29)26(12-22-19)11-17(28)23-15-7-5-14(21)6-8-15/h2-9,12H,10-11H2,1H3,(H,23,28). The fourth-order valence-corrected chi connectivity index (χ4v) is 3.06. The Hall–Kier alpha value is -3.72. The lowest BCUT2D eigenvalue weighted by molar-refractivity contribution is -0.116. The number of methoxy groups -OCH3 is 1. The van der Waals surface area contributed by atoms with Gasteiger partial charge in [-0.2, -0.15) is 0 Å². The first kappa shape index (κ1) is 19.6. The molecule has 2 aromatic heterocycles. The molecule has 152 valence electrons. The number of halogens is 1. The molecule has 0 saturated carbocycles. The van der Waals surface area contributed by atoms with Crippen LogP contribution in [0.4, 0.5) is 5.69 Å². The third kappa shape index (κ3) is 4.15. The Balaban J connectivity index is 1.53. The van der Waals surface area contributed by atoms with Crippen molar-refractivity contribution in [2.45, 2.75) is 13.1 Å². The zero-order valence-corrected chi connectivity index (χ0v) is 16.7. The van der Waals surface area contributed by atoms with Gasteiger partial charge in [-0.05, 0) is 42.0 Å². The Labute approximate surface area is 175 Å². The minimum absolute atomic E-state index is 0.0969. The van der Waals surface area contributed by atoms with Gasteiger partial charge in [0.15, 0.2) is 11.2 Å². The molecule has 0 aliphatic rings. The predicted molar refractivity (Wildman–Crippen MR) is 112 cm³/mol. The number of rotatable bonds is 6. The summed E-state index contributed by atoms with van der Waals surface area (Å²) in [4.78, 5) is 29.3. The molecule has 1 amide bonds. The van der Waals surface area contributed by atoms with Crippen molar-refractivity contribution in [1.29, 1.82) is 0 Å². The first-order valence-corrected chi connectivity index (χ1v) is 9.38. The second-order valence-corrected chi connectivity index (χ2v) is 6.94. The fraction of sp³-hybridized carbons (Fsp3) is 0.150. The summed E-state index contributed by atoms with van der Waals surface area (Å²) in [6.07, 6.45) is 1.32. The van der Waals surface area contributed by atoms with Crippen LogP contribution in [0, 0.1) is 0 Å². The van der Waals surface area contributed by atoms with Gasteiger partial charge in [-0.25, -0.2) is 9.67 Å². The Morgan fingerprint density at radius 1 is 1.20 bits per heavy atom. The Kier molecular flexibility index (Phi) is 5.44. The third-order valence-corrected chi connectivity index (χ3v) is 4.65. The molecule has 0 bridgehead atoms. The molecule has 1 N–H and O–H groups in total. The van der Waals surface area contributed by atoms with Crippen molar-refractivity contribution in [3.8, 4) is 5.75 Å². The van der Waals surface area contributed by atoms with Gasteiger partial charge in [-0.3, -0.25) is 14.2 Å². The van der Waals surface area contributed by atoms with Crippen LogP contribution in [0.15, 0.2) is 59.7 Å². The van der Waals surface area contributed by atoms with Crippen molar-refractivity contribution in [2.75, 3.05) is 12.4 Å². The topological polar surface area (TPSA) is 104 Å². The number of amides is 1. The van der Waals surface area contributed by atoms with E-state index in [9.17, 15) is 9.59 Å². The summed E-state index contributed by atoms with van der Waals surface area (Å²) in [6.45, 7) is 0.175. The van der Waals surface area contributed by atoms with E-state index < -0.39 is 5.56 Å². The molecule has 0 atom stereocenters. The number of ether oxygens (including phenoxy) is 1. The molecule has 9 nitrogen and oxygen atoms in total. The number of hydrogen-bond acceptors (Lipinski definition) is 6. The molecule has 0 spiro atoms. The summed E-state index contributed by atoms with van der Waals surface area (Å²) in [5.41, 5.74) is 1.50. The number of nitrogens with one attached hydrogen (secondary N) is 1. The highest BCUT2D eigenvalue weighted by Gasteiger charge is 2.14. The number of hydrogen-bond donors (Lipinski definition) is 1. The Morgan fingerprint density at radius 3 is 2.77 bits per heavy atom. The molecule has 30 heavy (non-hydrogen) atoms. The number of nitrogens with zero attached hydrogens (tertiary/aromatic N) is 5. The average molecular weight is 425 g/mol. The molecule has 0 unspecified atom stereocenters. The number of benzene rings is 2. The van der Waals surface area contributed by atoms with E-state index >= 15 is 0 Å². The molecule has 0 fully saturated rings. The molecule has 4 rings (SSSR count). The largest absolute Gasteiger partial charge is 0.497 e. The van der Waals surface area contributed by atoms with Crippen molar-refractivity contribution in [3.05, 3.63) is 75.8 Å². The van der Waals surface area contributed by atoms with Crippen molar-refractivity contribution in [1.82, 2.24) is 24.5 Å². The van der Waals surface area contributed by atoms with Gasteiger partial charge in [0.25, 0.3) is 5.56 Å². The van der Waals surface area contributed by atoms with Gasteiger partial charge in [0.05, 0.1) is 13.7 Å². The Morgan fingerprint density at radius 2 is 2.00 bits per heavy atom. The van der Waals surface area contributed by atoms with Crippen LogP contribution >= 0.6 is 11.6 Å². The zero-order valence-electron chi connectivity index (χ0n) is 15.9. The van der Waals surface area contributed by atoms with Crippen molar-refractivity contribution in [2.24, 2.45) is 0 Å². The third-order valence-electron chi connectivity index (χ3n) is 4.40. The van der Waals surface area contributed by atoms with Crippen LogP contribution in [0.1, 0.15) is 5.56 Å². The minimum Gasteiger partial charge on any atom is -0.497 e. The molecule has 0 aliphatic carbocycles. The van der Waals surface area contributed by atoms with Gasteiger partial charge in [-0.15, -0.1) is 5.10 Å². The van der Waals surface area contributed by atoms with Crippen LogP contribution in [-0.4, -0.2) is 37.6 Å². The van der Waals surface area contributed by atoms with E-state index in [4.69, 9.17) is 16.3 Å². The van der Waals surface area contributed by atoms with Crippen molar-refractivity contribution < 1.29 is 9.53 Å². The second kappa shape index (κ2) is 8.34. The minimum atomic E-state index is -0.442. The van der Waals surface area contributed by atoms with E-state index in [2.05, 4.69) is 20.6 Å². The van der Waals surface area contributed by atoms with Gasteiger partial charge in [-0.1, -0.05) is 28.9 Å². The van der Waals surface area contributed by atoms with E-state index in [0.717, 1.165) is 11.3 Å². The molecular weight excluding hydrogens is 408 g/mol. The highest BCUT2D eigenvalue weighted by molar-refractivity contribution is 6.30. The predicted octanol–water partition coefficient (Wildman–Crippen LogP) is 2.34.